The van der Waals surface area contributed by atoms with Gasteiger partial charge in [0.25, 0.3) is 0 Å². The summed E-state index contributed by atoms with van der Waals surface area (Å²) in [5, 5.41) is 8.03. The molecule has 0 aromatic rings. The molecule has 0 atom stereocenters. The van der Waals surface area contributed by atoms with Crippen LogP contribution in [0.15, 0.2) is 0 Å². The van der Waals surface area contributed by atoms with Gasteiger partial charge in [-0.05, 0) is 0 Å². The van der Waals surface area contributed by atoms with Gasteiger partial charge in [-0.2, -0.15) is 10.4 Å². The average molecular weight is 163 g/mol. The van der Waals surface area contributed by atoms with Gasteiger partial charge in [0.2, 0.25) is 0 Å². The minimum atomic E-state index is -1.19. The second kappa shape index (κ2) is 5.86. The molecule has 0 radical (unpaired) electrons. The summed E-state index contributed by atoms with van der Waals surface area (Å²) in [6.45, 7) is 0. The number of hydroxylamine groups is 1. The second-order valence-corrected chi connectivity index (χ2v) is 0.781. The predicted octanol–water partition coefficient (Wildman–Crippen LogP) is -2.14. The van der Waals surface area contributed by atoms with Crippen molar-refractivity contribution >= 4 is 43.8 Å². The second-order valence-electron chi connectivity index (χ2n) is 0.781. The number of nitrogens with two attached hydrogens (primary N) is 1. The number of urea groups is 1. The number of nitrogens with one attached hydrogen (secondary N) is 1. The van der Waals surface area contributed by atoms with Crippen molar-refractivity contribution in [2.45, 2.75) is 0 Å². The Morgan fingerprint density at radius 1 is 1.78 bits per heavy atom. The molecule has 0 fully saturated rings. The van der Waals surface area contributed by atoms with Crippen molar-refractivity contribution in [3.63, 3.8) is 0 Å². The molecule has 2 amide bonds. The molecule has 0 aromatic carbocycles. The Balaban J connectivity index is 0. The van der Waals surface area contributed by atoms with Gasteiger partial charge in [-0.25, -0.2) is 4.79 Å². The number of hydrogen-bond acceptors (Lipinski definition) is 4. The van der Waals surface area contributed by atoms with E-state index < -0.39 is 11.1 Å². The predicted molar refractivity (Wildman–Crippen MR) is 29.3 cm³/mol. The zero-order valence-electron chi connectivity index (χ0n) is 3.66. The van der Waals surface area contributed by atoms with Crippen LogP contribution in [0.4, 0.5) is 4.79 Å². The molecule has 0 rings (SSSR count). The Labute approximate surface area is 79.6 Å². The van der Waals surface area contributed by atoms with Crippen LogP contribution in [0, 0.1) is 10.1 Å². The Kier molecular flexibility index (Phi) is 7.50. The molecule has 3 N–H and O–H groups in total. The molecule has 0 aliphatic heterocycles. The maximum atomic E-state index is 9.59. The van der Waals surface area contributed by atoms with Crippen LogP contribution >= 0.6 is 0 Å². The monoisotopic (exact) mass is 163 g/mol. The summed E-state index contributed by atoms with van der Waals surface area (Å²) in [4.78, 5) is 22.1. The van der Waals surface area contributed by atoms with Gasteiger partial charge in [-0.15, -0.1) is 10.1 Å². The van der Waals surface area contributed by atoms with Crippen LogP contribution in [0.5, 0.6) is 0 Å². The molecule has 8 heteroatoms. The van der Waals surface area contributed by atoms with Gasteiger partial charge >= 0.3 is 48.9 Å². The summed E-state index contributed by atoms with van der Waals surface area (Å²) in [5.74, 6) is 0. The summed E-state index contributed by atoms with van der Waals surface area (Å²) in [6, 6.07) is -1.11. The molecule has 0 unspecified atom stereocenters. The molecule has 7 nitrogen and oxygen atoms in total. The molecular formula is CH5CaN3O4. The first kappa shape index (κ1) is 11.5. The van der Waals surface area contributed by atoms with Crippen LogP contribution in [0.1, 0.15) is 0 Å². The first-order valence-electron chi connectivity index (χ1n) is 1.49. The molecule has 0 heterocycles. The third kappa shape index (κ3) is 11.3. The standard InChI is InChI=1S/CH3N3O4.Ca.2H/c2-1(5)3-8-4(6)7;;;/h(H3,2,3,5);;;. The van der Waals surface area contributed by atoms with Crippen molar-refractivity contribution in [1.29, 1.82) is 0 Å². The van der Waals surface area contributed by atoms with Crippen molar-refractivity contribution in [2.75, 3.05) is 0 Å². The third-order valence-electron chi connectivity index (χ3n) is 0.221. The van der Waals surface area contributed by atoms with Gasteiger partial charge in [-0.1, -0.05) is 0 Å². The average Bonchev–Trinajstić information content (AvgIpc) is 1.61. The topological polar surface area (TPSA) is 107 Å². The third-order valence-corrected chi connectivity index (χ3v) is 0.221. The number of carbonyl (C=O) groups is 1. The van der Waals surface area contributed by atoms with Crippen molar-refractivity contribution in [3.8, 4) is 0 Å². The van der Waals surface area contributed by atoms with Gasteiger partial charge in [0, 0.05) is 0 Å². The number of amides is 2. The molecule has 0 spiro atoms. The first-order chi connectivity index (χ1) is 3.63. The number of nitrogens with zero attached hydrogens (tertiary/aromatic N) is 1. The molecule has 50 valence electrons. The number of rotatable bonds is 2. The zero-order chi connectivity index (χ0) is 6.57. The van der Waals surface area contributed by atoms with Crippen LogP contribution in [-0.2, 0) is 4.94 Å². The normalized spacial score (nSPS) is 6.67. The fourth-order valence-electron chi connectivity index (χ4n) is 0.0823. The molecule has 9 heavy (non-hydrogen) atoms. The van der Waals surface area contributed by atoms with E-state index in [2.05, 4.69) is 10.7 Å². The number of hydrogen-bond donors (Lipinski definition) is 2. The van der Waals surface area contributed by atoms with E-state index in [1.54, 1.807) is 0 Å². The summed E-state index contributed by atoms with van der Waals surface area (Å²) in [5.41, 5.74) is 5.65. The number of carbonyl (C=O) groups excluding carboxylic acids is 1. The summed E-state index contributed by atoms with van der Waals surface area (Å²) < 4.78 is 0. The van der Waals surface area contributed by atoms with E-state index in [0.717, 1.165) is 0 Å². The van der Waals surface area contributed by atoms with E-state index in [9.17, 15) is 14.9 Å². The van der Waals surface area contributed by atoms with Crippen LogP contribution in [-0.4, -0.2) is 48.9 Å². The SMILES string of the molecule is NC(=O)NO[N+](=O)[O-].[CaH2]. The summed E-state index contributed by atoms with van der Waals surface area (Å²) in [7, 11) is 0. The minimum absolute atomic E-state index is 0. The van der Waals surface area contributed by atoms with Gasteiger partial charge in [0.05, 0.1) is 0 Å². The summed E-state index contributed by atoms with van der Waals surface area (Å²) >= 11 is 0. The molecule has 0 saturated carbocycles. The van der Waals surface area contributed by atoms with Crippen molar-refractivity contribution in [3.05, 3.63) is 10.1 Å². The fraction of sp³-hybridized carbons (Fsp3) is 0. The van der Waals surface area contributed by atoms with Gasteiger partial charge in [0.15, 0.2) is 0 Å². The van der Waals surface area contributed by atoms with E-state index in [-0.39, 0.29) is 37.7 Å². The zero-order valence-corrected chi connectivity index (χ0v) is 3.66. The van der Waals surface area contributed by atoms with Gasteiger partial charge < -0.3 is 5.73 Å². The maximum absolute atomic E-state index is 9.59. The molecular weight excluding hydrogens is 158 g/mol. The first-order valence-corrected chi connectivity index (χ1v) is 1.49. The fourth-order valence-corrected chi connectivity index (χ4v) is 0.0823. The van der Waals surface area contributed by atoms with Crippen LogP contribution < -0.4 is 11.2 Å². The van der Waals surface area contributed by atoms with Crippen LogP contribution in [0.2, 0.25) is 0 Å². The van der Waals surface area contributed by atoms with Crippen molar-refractivity contribution < 1.29 is 14.8 Å². The molecule has 0 aliphatic rings. The summed E-state index contributed by atoms with van der Waals surface area (Å²) in [6.07, 6.45) is 0. The van der Waals surface area contributed by atoms with Crippen molar-refractivity contribution in [1.82, 2.24) is 5.48 Å². The quantitative estimate of drug-likeness (QED) is 0.275. The number of primary amides is 1. The Morgan fingerprint density at radius 3 is 2.33 bits per heavy atom. The van der Waals surface area contributed by atoms with E-state index in [0.29, 0.717) is 0 Å². The molecule has 0 aliphatic carbocycles. The van der Waals surface area contributed by atoms with E-state index >= 15 is 0 Å². The van der Waals surface area contributed by atoms with Gasteiger partial charge in [0.1, 0.15) is 0 Å². The van der Waals surface area contributed by atoms with E-state index in [1.165, 1.54) is 5.48 Å². The molecule has 0 bridgehead atoms. The molecule has 0 saturated heterocycles. The van der Waals surface area contributed by atoms with E-state index in [1.807, 2.05) is 0 Å². The Bertz CT molecular complexity index is 100. The Hall–Kier alpha value is -0.270. The van der Waals surface area contributed by atoms with Crippen LogP contribution in [0.25, 0.3) is 0 Å². The van der Waals surface area contributed by atoms with Gasteiger partial charge in [-0.3, -0.25) is 0 Å². The van der Waals surface area contributed by atoms with Crippen molar-refractivity contribution in [2.24, 2.45) is 5.73 Å². The molecule has 0 aromatic heterocycles. The van der Waals surface area contributed by atoms with Crippen LogP contribution in [0.3, 0.4) is 0 Å². The van der Waals surface area contributed by atoms with E-state index in [4.69, 9.17) is 0 Å². The Morgan fingerprint density at radius 2 is 2.22 bits per heavy atom.